The Labute approximate surface area is 96.2 Å². The van der Waals surface area contributed by atoms with Gasteiger partial charge < -0.3 is 0 Å². The summed E-state index contributed by atoms with van der Waals surface area (Å²) in [5.74, 6) is 3.38. The summed E-state index contributed by atoms with van der Waals surface area (Å²) >= 11 is 0. The van der Waals surface area contributed by atoms with E-state index in [0.717, 1.165) is 13.1 Å². The van der Waals surface area contributed by atoms with Gasteiger partial charge in [0.2, 0.25) is 0 Å². The minimum atomic E-state index is 0.443. The SMILES string of the molecule is C#CC(CCCCC)CN(CC)C(C)C. The Morgan fingerprint density at radius 2 is 1.87 bits per heavy atom. The second kappa shape index (κ2) is 8.80. The molecule has 0 aliphatic rings. The first kappa shape index (κ1) is 14.5. The van der Waals surface area contributed by atoms with Gasteiger partial charge in [-0.3, -0.25) is 4.90 Å². The van der Waals surface area contributed by atoms with E-state index in [1.54, 1.807) is 0 Å². The van der Waals surface area contributed by atoms with Crippen LogP contribution in [-0.2, 0) is 0 Å². The first-order valence-corrected chi connectivity index (χ1v) is 6.35. The van der Waals surface area contributed by atoms with Gasteiger partial charge in [0.1, 0.15) is 0 Å². The summed E-state index contributed by atoms with van der Waals surface area (Å²) in [5.41, 5.74) is 0. The van der Waals surface area contributed by atoms with Crippen LogP contribution < -0.4 is 0 Å². The molecule has 0 aromatic rings. The molecule has 0 spiro atoms. The van der Waals surface area contributed by atoms with Gasteiger partial charge in [-0.2, -0.15) is 0 Å². The Morgan fingerprint density at radius 1 is 1.20 bits per heavy atom. The van der Waals surface area contributed by atoms with Crippen molar-refractivity contribution in [2.24, 2.45) is 5.92 Å². The van der Waals surface area contributed by atoms with E-state index in [1.807, 2.05) is 0 Å². The van der Waals surface area contributed by atoms with Crippen LogP contribution in [0.1, 0.15) is 53.4 Å². The van der Waals surface area contributed by atoms with Crippen molar-refractivity contribution in [1.29, 1.82) is 0 Å². The minimum absolute atomic E-state index is 0.443. The van der Waals surface area contributed by atoms with Gasteiger partial charge in [0, 0.05) is 18.5 Å². The van der Waals surface area contributed by atoms with Gasteiger partial charge in [-0.25, -0.2) is 0 Å². The fourth-order valence-corrected chi connectivity index (χ4v) is 1.86. The van der Waals surface area contributed by atoms with Gasteiger partial charge in [0.15, 0.2) is 0 Å². The number of rotatable bonds is 8. The molecule has 0 fully saturated rings. The largest absolute Gasteiger partial charge is 0.300 e. The van der Waals surface area contributed by atoms with E-state index in [-0.39, 0.29) is 0 Å². The summed E-state index contributed by atoms with van der Waals surface area (Å²) in [4.78, 5) is 2.45. The van der Waals surface area contributed by atoms with Crippen LogP contribution in [0.15, 0.2) is 0 Å². The Kier molecular flexibility index (Phi) is 8.52. The third-order valence-electron chi connectivity index (χ3n) is 2.98. The smallest absolute Gasteiger partial charge is 0.0327 e. The van der Waals surface area contributed by atoms with Crippen molar-refractivity contribution in [2.45, 2.75) is 59.4 Å². The van der Waals surface area contributed by atoms with E-state index in [9.17, 15) is 0 Å². The monoisotopic (exact) mass is 209 g/mol. The summed E-state index contributed by atoms with van der Waals surface area (Å²) in [6.07, 6.45) is 10.6. The minimum Gasteiger partial charge on any atom is -0.300 e. The van der Waals surface area contributed by atoms with Crippen molar-refractivity contribution < 1.29 is 0 Å². The summed E-state index contributed by atoms with van der Waals surface area (Å²) in [6, 6.07) is 0.608. The first-order chi connectivity index (χ1) is 7.15. The van der Waals surface area contributed by atoms with Crippen LogP contribution >= 0.6 is 0 Å². The van der Waals surface area contributed by atoms with E-state index in [0.29, 0.717) is 12.0 Å². The van der Waals surface area contributed by atoms with Crippen LogP contribution in [0.4, 0.5) is 0 Å². The molecule has 1 unspecified atom stereocenters. The van der Waals surface area contributed by atoms with Crippen LogP contribution in [0, 0.1) is 18.3 Å². The van der Waals surface area contributed by atoms with E-state index in [2.05, 4.69) is 38.5 Å². The van der Waals surface area contributed by atoms with Gasteiger partial charge in [0.25, 0.3) is 0 Å². The Bertz CT molecular complexity index is 178. The molecular formula is C14H27N. The molecule has 88 valence electrons. The molecule has 0 aromatic heterocycles. The molecule has 0 N–H and O–H groups in total. The van der Waals surface area contributed by atoms with Crippen molar-refractivity contribution in [1.82, 2.24) is 4.90 Å². The molecule has 1 atom stereocenters. The molecule has 0 amide bonds. The third kappa shape index (κ3) is 6.57. The molecular weight excluding hydrogens is 182 g/mol. The lowest BCUT2D eigenvalue weighted by molar-refractivity contribution is 0.209. The third-order valence-corrected chi connectivity index (χ3v) is 2.98. The van der Waals surface area contributed by atoms with Crippen molar-refractivity contribution in [3.63, 3.8) is 0 Å². The van der Waals surface area contributed by atoms with Crippen LogP contribution in [0.2, 0.25) is 0 Å². The number of hydrogen-bond acceptors (Lipinski definition) is 1. The number of hydrogen-bond donors (Lipinski definition) is 0. The quantitative estimate of drug-likeness (QED) is 0.436. The van der Waals surface area contributed by atoms with Crippen LogP contribution in [0.5, 0.6) is 0 Å². The highest BCUT2D eigenvalue weighted by atomic mass is 15.1. The lowest BCUT2D eigenvalue weighted by atomic mass is 10.0. The molecule has 0 bridgehead atoms. The standard InChI is InChI=1S/C14H27N/c1-6-9-10-11-14(7-2)12-15(8-3)13(4)5/h2,13-14H,6,8-12H2,1,3-5H3. The predicted octanol–water partition coefficient (Wildman–Crippen LogP) is 3.55. The van der Waals surface area contributed by atoms with Crippen molar-refractivity contribution in [3.05, 3.63) is 0 Å². The van der Waals surface area contributed by atoms with E-state index >= 15 is 0 Å². The molecule has 0 aliphatic carbocycles. The molecule has 15 heavy (non-hydrogen) atoms. The lowest BCUT2D eigenvalue weighted by Gasteiger charge is -2.27. The fraction of sp³-hybridized carbons (Fsp3) is 0.857. The molecule has 0 saturated heterocycles. The highest BCUT2D eigenvalue weighted by molar-refractivity contribution is 4.94. The van der Waals surface area contributed by atoms with E-state index in [4.69, 9.17) is 6.42 Å². The number of nitrogens with zero attached hydrogens (tertiary/aromatic N) is 1. The van der Waals surface area contributed by atoms with Crippen molar-refractivity contribution in [3.8, 4) is 12.3 Å². The van der Waals surface area contributed by atoms with Gasteiger partial charge >= 0.3 is 0 Å². The van der Waals surface area contributed by atoms with Gasteiger partial charge in [-0.1, -0.05) is 33.1 Å². The van der Waals surface area contributed by atoms with Crippen LogP contribution in [-0.4, -0.2) is 24.0 Å². The Morgan fingerprint density at radius 3 is 2.27 bits per heavy atom. The first-order valence-electron chi connectivity index (χ1n) is 6.35. The summed E-state index contributed by atoms with van der Waals surface area (Å²) in [7, 11) is 0. The maximum atomic E-state index is 5.58. The number of unbranched alkanes of at least 4 members (excludes halogenated alkanes) is 2. The average molecular weight is 209 g/mol. The van der Waals surface area contributed by atoms with Crippen molar-refractivity contribution >= 4 is 0 Å². The molecule has 0 aliphatic heterocycles. The molecule has 0 heterocycles. The molecule has 0 saturated carbocycles. The second-order valence-electron chi connectivity index (χ2n) is 4.54. The maximum absolute atomic E-state index is 5.58. The summed E-state index contributed by atoms with van der Waals surface area (Å²) < 4.78 is 0. The average Bonchev–Trinajstić information content (AvgIpc) is 2.22. The molecule has 1 heteroatoms. The normalized spacial score (nSPS) is 13.1. The maximum Gasteiger partial charge on any atom is 0.0327 e. The van der Waals surface area contributed by atoms with Gasteiger partial charge in [-0.15, -0.1) is 12.3 Å². The van der Waals surface area contributed by atoms with Gasteiger partial charge in [-0.05, 0) is 26.8 Å². The zero-order valence-corrected chi connectivity index (χ0v) is 10.9. The zero-order valence-electron chi connectivity index (χ0n) is 10.9. The van der Waals surface area contributed by atoms with E-state index < -0.39 is 0 Å². The molecule has 1 nitrogen and oxygen atoms in total. The molecule has 0 aromatic carbocycles. The fourth-order valence-electron chi connectivity index (χ4n) is 1.86. The van der Waals surface area contributed by atoms with Crippen LogP contribution in [0.3, 0.4) is 0 Å². The summed E-state index contributed by atoms with van der Waals surface area (Å²) in [5, 5.41) is 0. The van der Waals surface area contributed by atoms with Crippen molar-refractivity contribution in [2.75, 3.05) is 13.1 Å². The zero-order chi connectivity index (χ0) is 11.7. The highest BCUT2D eigenvalue weighted by Gasteiger charge is 2.12. The second-order valence-corrected chi connectivity index (χ2v) is 4.54. The lowest BCUT2D eigenvalue weighted by Crippen LogP contribution is -2.34. The Hall–Kier alpha value is -0.480. The summed E-state index contributed by atoms with van der Waals surface area (Å²) in [6.45, 7) is 11.1. The predicted molar refractivity (Wildman–Crippen MR) is 68.8 cm³/mol. The van der Waals surface area contributed by atoms with E-state index in [1.165, 1.54) is 25.7 Å². The van der Waals surface area contributed by atoms with Gasteiger partial charge in [0.05, 0.1) is 0 Å². The number of terminal acetylenes is 1. The topological polar surface area (TPSA) is 3.24 Å². The van der Waals surface area contributed by atoms with Crippen LogP contribution in [0.25, 0.3) is 0 Å². The molecule has 0 rings (SSSR count). The Balaban J connectivity index is 3.91. The molecule has 0 radical (unpaired) electrons. The highest BCUT2D eigenvalue weighted by Crippen LogP contribution is 2.12.